The van der Waals surface area contributed by atoms with Gasteiger partial charge in [0.25, 0.3) is 0 Å². The molecule has 0 N–H and O–H groups in total. The van der Waals surface area contributed by atoms with Crippen molar-refractivity contribution in [1.29, 1.82) is 0 Å². The lowest BCUT2D eigenvalue weighted by Crippen LogP contribution is -2.45. The molecule has 1 aliphatic heterocycles. The lowest BCUT2D eigenvalue weighted by atomic mass is 10.0. The lowest BCUT2D eigenvalue weighted by molar-refractivity contribution is 0.0755. The molecule has 1 heterocycles. The highest BCUT2D eigenvalue weighted by Crippen LogP contribution is 2.31. The summed E-state index contributed by atoms with van der Waals surface area (Å²) in [6.45, 7) is 6.36. The van der Waals surface area contributed by atoms with Crippen LogP contribution in [0.25, 0.3) is 0 Å². The number of hydrogen-bond donors (Lipinski definition) is 0. The minimum Gasteiger partial charge on any atom is -0.292 e. The maximum atomic E-state index is 12.7. The van der Waals surface area contributed by atoms with Gasteiger partial charge in [-0.15, -0.1) is 0 Å². The quantitative estimate of drug-likeness (QED) is 0.742. The Hall–Kier alpha value is -0.570. The smallest absolute Gasteiger partial charge is 0.181 e. The summed E-state index contributed by atoms with van der Waals surface area (Å²) in [5.74, 6) is 0.0823. The Kier molecular flexibility index (Phi) is 5.11. The van der Waals surface area contributed by atoms with E-state index < -0.39 is 0 Å². The molecule has 0 amide bonds. The van der Waals surface area contributed by atoms with Crippen LogP contribution in [0.15, 0.2) is 18.2 Å². The average molecular weight is 314 g/mol. The number of nitrogens with zero attached hydrogens (tertiary/aromatic N) is 1. The summed E-state index contributed by atoms with van der Waals surface area (Å²) in [5.41, 5.74) is 0.567. The van der Waals surface area contributed by atoms with Gasteiger partial charge in [0.05, 0.1) is 11.1 Å². The molecule has 0 bridgehead atoms. The molecular formula is C16H21Cl2NO. The maximum absolute atomic E-state index is 12.7. The second-order valence-electron chi connectivity index (χ2n) is 5.60. The fraction of sp³-hybridized carbons (Fsp3) is 0.562. The van der Waals surface area contributed by atoms with Crippen molar-refractivity contribution in [2.75, 3.05) is 0 Å². The van der Waals surface area contributed by atoms with E-state index in [9.17, 15) is 4.79 Å². The summed E-state index contributed by atoms with van der Waals surface area (Å²) >= 11 is 12.0. The topological polar surface area (TPSA) is 20.3 Å². The molecule has 0 aromatic heterocycles. The number of ketones is 1. The van der Waals surface area contributed by atoms with Crippen LogP contribution in [0.4, 0.5) is 0 Å². The molecule has 0 radical (unpaired) electrons. The van der Waals surface area contributed by atoms with Crippen molar-refractivity contribution in [3.63, 3.8) is 0 Å². The van der Waals surface area contributed by atoms with Crippen LogP contribution < -0.4 is 0 Å². The second-order valence-corrected chi connectivity index (χ2v) is 6.44. The molecule has 0 spiro atoms. The Morgan fingerprint density at radius 3 is 2.70 bits per heavy atom. The van der Waals surface area contributed by atoms with Gasteiger partial charge in [0.1, 0.15) is 0 Å². The van der Waals surface area contributed by atoms with Gasteiger partial charge in [0, 0.05) is 22.7 Å². The van der Waals surface area contributed by atoms with Crippen LogP contribution in [-0.2, 0) is 0 Å². The minimum absolute atomic E-state index is 0.0823. The van der Waals surface area contributed by atoms with Gasteiger partial charge < -0.3 is 0 Å². The average Bonchev–Trinajstić information content (AvgIpc) is 2.78. The molecule has 1 aliphatic rings. The third kappa shape index (κ3) is 3.03. The molecule has 1 saturated heterocycles. The van der Waals surface area contributed by atoms with Crippen LogP contribution in [0.3, 0.4) is 0 Å². The molecule has 3 unspecified atom stereocenters. The summed E-state index contributed by atoms with van der Waals surface area (Å²) in [7, 11) is 0. The van der Waals surface area contributed by atoms with E-state index in [0.29, 0.717) is 27.7 Å². The molecule has 2 nitrogen and oxygen atoms in total. The van der Waals surface area contributed by atoms with E-state index in [-0.39, 0.29) is 11.8 Å². The first kappa shape index (κ1) is 15.8. The Labute approximate surface area is 131 Å². The number of Topliss-reactive ketones (excluding diaryl/α,β-unsaturated/α-hetero) is 1. The number of halogens is 2. The van der Waals surface area contributed by atoms with Crippen LogP contribution >= 0.6 is 23.2 Å². The maximum Gasteiger partial charge on any atom is 0.181 e. The van der Waals surface area contributed by atoms with E-state index in [1.54, 1.807) is 18.2 Å². The van der Waals surface area contributed by atoms with Gasteiger partial charge in [0.15, 0.2) is 5.78 Å². The molecule has 1 aromatic carbocycles. The van der Waals surface area contributed by atoms with Gasteiger partial charge in [-0.1, -0.05) is 30.1 Å². The summed E-state index contributed by atoms with van der Waals surface area (Å²) < 4.78 is 0. The van der Waals surface area contributed by atoms with Gasteiger partial charge >= 0.3 is 0 Å². The molecule has 0 aliphatic carbocycles. The third-order valence-electron chi connectivity index (χ3n) is 4.34. The van der Waals surface area contributed by atoms with Crippen molar-refractivity contribution in [3.8, 4) is 0 Å². The van der Waals surface area contributed by atoms with Crippen molar-refractivity contribution < 1.29 is 4.79 Å². The summed E-state index contributed by atoms with van der Waals surface area (Å²) in [5, 5.41) is 0.995. The zero-order chi connectivity index (χ0) is 14.9. The standard InChI is InChI=1S/C16H21Cl2NO/c1-4-13-7-5-10(2)19(13)11(3)16(20)14-8-6-12(17)9-15(14)18/h6,8-11,13H,4-5,7H2,1-3H3. The van der Waals surface area contributed by atoms with E-state index in [1.807, 2.05) is 6.92 Å². The van der Waals surface area contributed by atoms with E-state index in [1.165, 1.54) is 6.42 Å². The van der Waals surface area contributed by atoms with Crippen molar-refractivity contribution in [3.05, 3.63) is 33.8 Å². The van der Waals surface area contributed by atoms with Crippen molar-refractivity contribution in [2.45, 2.75) is 58.2 Å². The largest absolute Gasteiger partial charge is 0.292 e. The first-order valence-corrected chi connectivity index (χ1v) is 7.98. The van der Waals surface area contributed by atoms with Crippen LogP contribution in [0.2, 0.25) is 10.0 Å². The van der Waals surface area contributed by atoms with Gasteiger partial charge in [-0.3, -0.25) is 9.69 Å². The molecule has 20 heavy (non-hydrogen) atoms. The zero-order valence-electron chi connectivity index (χ0n) is 12.2. The fourth-order valence-corrected chi connectivity index (χ4v) is 3.76. The van der Waals surface area contributed by atoms with Crippen LogP contribution in [0, 0.1) is 0 Å². The van der Waals surface area contributed by atoms with Crippen LogP contribution in [0.1, 0.15) is 50.4 Å². The summed E-state index contributed by atoms with van der Waals surface area (Å²) in [6.07, 6.45) is 3.41. The number of rotatable bonds is 4. The van der Waals surface area contributed by atoms with Crippen LogP contribution in [-0.4, -0.2) is 28.8 Å². The highest BCUT2D eigenvalue weighted by Gasteiger charge is 2.36. The first-order valence-electron chi connectivity index (χ1n) is 7.22. The van der Waals surface area contributed by atoms with E-state index in [4.69, 9.17) is 23.2 Å². The Morgan fingerprint density at radius 1 is 1.40 bits per heavy atom. The number of benzene rings is 1. The third-order valence-corrected chi connectivity index (χ3v) is 4.89. The van der Waals surface area contributed by atoms with Gasteiger partial charge in [-0.25, -0.2) is 0 Å². The SMILES string of the molecule is CCC1CCC(C)N1C(C)C(=O)c1ccc(Cl)cc1Cl. The number of hydrogen-bond acceptors (Lipinski definition) is 2. The van der Waals surface area contributed by atoms with E-state index in [2.05, 4.69) is 18.7 Å². The van der Waals surface area contributed by atoms with Crippen molar-refractivity contribution >= 4 is 29.0 Å². The predicted molar refractivity (Wildman–Crippen MR) is 84.9 cm³/mol. The summed E-state index contributed by atoms with van der Waals surface area (Å²) in [6, 6.07) is 5.88. The Morgan fingerprint density at radius 2 is 2.10 bits per heavy atom. The van der Waals surface area contributed by atoms with E-state index in [0.717, 1.165) is 12.8 Å². The first-order chi connectivity index (χ1) is 9.45. The van der Waals surface area contributed by atoms with Gasteiger partial charge in [0.2, 0.25) is 0 Å². The second kappa shape index (κ2) is 6.46. The number of likely N-dealkylation sites (tertiary alicyclic amines) is 1. The van der Waals surface area contributed by atoms with Crippen LogP contribution in [0.5, 0.6) is 0 Å². The molecule has 0 saturated carbocycles. The highest BCUT2D eigenvalue weighted by molar-refractivity contribution is 6.37. The number of carbonyl (C=O) groups excluding carboxylic acids is 1. The van der Waals surface area contributed by atoms with Gasteiger partial charge in [-0.05, 0) is 51.3 Å². The normalized spacial score (nSPS) is 24.9. The highest BCUT2D eigenvalue weighted by atomic mass is 35.5. The molecule has 110 valence electrons. The predicted octanol–water partition coefficient (Wildman–Crippen LogP) is 4.83. The zero-order valence-corrected chi connectivity index (χ0v) is 13.7. The molecule has 1 aromatic rings. The molecule has 2 rings (SSSR count). The van der Waals surface area contributed by atoms with Gasteiger partial charge in [-0.2, -0.15) is 0 Å². The monoisotopic (exact) mass is 313 g/mol. The molecule has 1 fully saturated rings. The lowest BCUT2D eigenvalue weighted by Gasteiger charge is -2.33. The fourth-order valence-electron chi connectivity index (χ4n) is 3.25. The number of carbonyl (C=O) groups is 1. The van der Waals surface area contributed by atoms with Crippen molar-refractivity contribution in [1.82, 2.24) is 4.90 Å². The summed E-state index contributed by atoms with van der Waals surface area (Å²) in [4.78, 5) is 15.0. The Bertz CT molecular complexity index is 503. The van der Waals surface area contributed by atoms with Crippen molar-refractivity contribution in [2.24, 2.45) is 0 Å². The minimum atomic E-state index is -0.142. The Balaban J connectivity index is 2.23. The van der Waals surface area contributed by atoms with E-state index >= 15 is 0 Å². The molecule has 3 atom stereocenters. The molecular weight excluding hydrogens is 293 g/mol. The molecule has 4 heteroatoms.